The highest BCUT2D eigenvalue weighted by atomic mass is 19.4. The second-order valence-electron chi connectivity index (χ2n) is 8.56. The zero-order chi connectivity index (χ0) is 26.1. The number of rotatable bonds is 4. The van der Waals surface area contributed by atoms with E-state index in [-0.39, 0.29) is 43.8 Å². The Labute approximate surface area is 202 Å². The number of carbonyl (C=O) groups excluding carboxylic acids is 2. The van der Waals surface area contributed by atoms with E-state index in [0.717, 1.165) is 29.8 Å². The van der Waals surface area contributed by atoms with Gasteiger partial charge in [-0.15, -0.1) is 0 Å². The summed E-state index contributed by atoms with van der Waals surface area (Å²) in [5, 5.41) is 0. The molecule has 192 valence electrons. The molecule has 2 aliphatic rings. The molecule has 4 rings (SSSR count). The third kappa shape index (κ3) is 5.86. The van der Waals surface area contributed by atoms with Crippen molar-refractivity contribution in [3.63, 3.8) is 0 Å². The number of aromatic nitrogens is 1. The number of alkyl halides is 6. The summed E-state index contributed by atoms with van der Waals surface area (Å²) in [7, 11) is 0. The van der Waals surface area contributed by atoms with Gasteiger partial charge in [-0.3, -0.25) is 19.4 Å². The van der Waals surface area contributed by atoms with Gasteiger partial charge in [0.25, 0.3) is 0 Å². The van der Waals surface area contributed by atoms with Gasteiger partial charge in [0.1, 0.15) is 5.82 Å². The SMILES string of the molecule is O=C(CN1CCN(c2ccc(C(F)(F)F)cn2)C(=O)C1)N1CC=C(c2cccc(C(F)(F)F)c2)CC1. The predicted molar refractivity (Wildman–Crippen MR) is 119 cm³/mol. The first kappa shape index (κ1) is 25.7. The van der Waals surface area contributed by atoms with Gasteiger partial charge in [-0.2, -0.15) is 26.3 Å². The molecule has 1 saturated heterocycles. The Morgan fingerprint density at radius 3 is 2.28 bits per heavy atom. The van der Waals surface area contributed by atoms with E-state index in [1.54, 1.807) is 21.9 Å². The Bertz CT molecular complexity index is 1160. The molecular formula is C24H22F6N4O2. The van der Waals surface area contributed by atoms with Crippen molar-refractivity contribution in [2.45, 2.75) is 18.8 Å². The monoisotopic (exact) mass is 512 g/mol. The average Bonchev–Trinajstić information content (AvgIpc) is 2.83. The normalized spacial score (nSPS) is 17.8. The highest BCUT2D eigenvalue weighted by Gasteiger charge is 2.33. The second-order valence-corrected chi connectivity index (χ2v) is 8.56. The Kier molecular flexibility index (Phi) is 7.07. The molecule has 12 heteroatoms. The van der Waals surface area contributed by atoms with Crippen LogP contribution in [0.3, 0.4) is 0 Å². The zero-order valence-corrected chi connectivity index (χ0v) is 18.9. The zero-order valence-electron chi connectivity index (χ0n) is 18.9. The van der Waals surface area contributed by atoms with Crippen LogP contribution in [-0.4, -0.2) is 65.9 Å². The third-order valence-electron chi connectivity index (χ3n) is 6.13. The van der Waals surface area contributed by atoms with Gasteiger partial charge < -0.3 is 4.90 Å². The number of piperazine rings is 1. The maximum atomic E-state index is 13.0. The molecular weight excluding hydrogens is 490 g/mol. The topological polar surface area (TPSA) is 56.8 Å². The number of pyridine rings is 1. The van der Waals surface area contributed by atoms with Crippen molar-refractivity contribution in [1.82, 2.24) is 14.8 Å². The summed E-state index contributed by atoms with van der Waals surface area (Å²) in [5.74, 6) is -0.489. The number of benzene rings is 1. The standard InChI is InChI=1S/C24H22F6N4O2/c25-23(26,27)18-3-1-2-17(12-18)16-6-8-33(9-7-16)21(35)14-32-10-11-34(22(36)15-32)20-5-4-19(13-31-20)24(28,29)30/h1-6,12-13H,7-11,14-15H2. The molecule has 6 nitrogen and oxygen atoms in total. The fourth-order valence-electron chi connectivity index (χ4n) is 4.16. The van der Waals surface area contributed by atoms with Crippen molar-refractivity contribution >= 4 is 23.2 Å². The van der Waals surface area contributed by atoms with Crippen molar-refractivity contribution in [1.29, 1.82) is 0 Å². The van der Waals surface area contributed by atoms with Gasteiger partial charge in [0.2, 0.25) is 11.8 Å². The van der Waals surface area contributed by atoms with Crippen LogP contribution in [0.4, 0.5) is 32.2 Å². The van der Waals surface area contributed by atoms with Gasteiger partial charge in [0.15, 0.2) is 0 Å². The van der Waals surface area contributed by atoms with E-state index < -0.39 is 23.5 Å². The molecule has 0 bridgehead atoms. The second kappa shape index (κ2) is 9.92. The molecule has 0 unspecified atom stereocenters. The molecule has 2 amide bonds. The van der Waals surface area contributed by atoms with Crippen LogP contribution >= 0.6 is 0 Å². The van der Waals surface area contributed by atoms with Crippen LogP contribution in [0, 0.1) is 0 Å². The van der Waals surface area contributed by atoms with Gasteiger partial charge in [-0.25, -0.2) is 4.98 Å². The number of nitrogens with zero attached hydrogens (tertiary/aromatic N) is 4. The summed E-state index contributed by atoms with van der Waals surface area (Å²) in [6.45, 7) is 0.974. The summed E-state index contributed by atoms with van der Waals surface area (Å²) < 4.78 is 77.1. The lowest BCUT2D eigenvalue weighted by Crippen LogP contribution is -2.53. The smallest absolute Gasteiger partial charge is 0.338 e. The van der Waals surface area contributed by atoms with E-state index in [1.807, 2.05) is 0 Å². The average molecular weight is 512 g/mol. The maximum absolute atomic E-state index is 13.0. The molecule has 0 N–H and O–H groups in total. The molecule has 0 saturated carbocycles. The molecule has 36 heavy (non-hydrogen) atoms. The van der Waals surface area contributed by atoms with Crippen molar-refractivity contribution < 1.29 is 35.9 Å². The first-order valence-electron chi connectivity index (χ1n) is 11.1. The van der Waals surface area contributed by atoms with Crippen LogP contribution in [-0.2, 0) is 21.9 Å². The van der Waals surface area contributed by atoms with E-state index in [4.69, 9.17) is 0 Å². The van der Waals surface area contributed by atoms with Crippen LogP contribution in [0.15, 0.2) is 48.7 Å². The fourth-order valence-corrected chi connectivity index (χ4v) is 4.16. The summed E-state index contributed by atoms with van der Waals surface area (Å²) in [4.78, 5) is 33.6. The number of hydrogen-bond acceptors (Lipinski definition) is 4. The van der Waals surface area contributed by atoms with Crippen molar-refractivity contribution in [2.75, 3.05) is 44.2 Å². The molecule has 2 aliphatic heterocycles. The Morgan fingerprint density at radius 1 is 0.944 bits per heavy atom. The van der Waals surface area contributed by atoms with Crippen molar-refractivity contribution in [3.8, 4) is 0 Å². The van der Waals surface area contributed by atoms with Crippen molar-refractivity contribution in [2.24, 2.45) is 0 Å². The first-order valence-corrected chi connectivity index (χ1v) is 11.1. The molecule has 1 fully saturated rings. The Hall–Kier alpha value is -3.41. The largest absolute Gasteiger partial charge is 0.417 e. The summed E-state index contributed by atoms with van der Waals surface area (Å²) in [6, 6.07) is 7.08. The van der Waals surface area contributed by atoms with Crippen molar-refractivity contribution in [3.05, 3.63) is 65.4 Å². The number of halogens is 6. The maximum Gasteiger partial charge on any atom is 0.417 e. The quantitative estimate of drug-likeness (QED) is 0.580. The van der Waals surface area contributed by atoms with E-state index in [9.17, 15) is 35.9 Å². The number of anilines is 1. The van der Waals surface area contributed by atoms with Gasteiger partial charge in [-0.05, 0) is 41.8 Å². The Balaban J connectivity index is 1.31. The third-order valence-corrected chi connectivity index (χ3v) is 6.13. The number of carbonyl (C=O) groups is 2. The van der Waals surface area contributed by atoms with Crippen LogP contribution in [0.5, 0.6) is 0 Å². The molecule has 0 aliphatic carbocycles. The van der Waals surface area contributed by atoms with Gasteiger partial charge in [0, 0.05) is 32.4 Å². The lowest BCUT2D eigenvalue weighted by Gasteiger charge is -2.35. The molecule has 0 spiro atoms. The minimum absolute atomic E-state index is 0.0211. The number of amides is 2. The van der Waals surface area contributed by atoms with Crippen LogP contribution in [0.1, 0.15) is 23.1 Å². The molecule has 1 aromatic carbocycles. The number of hydrogen-bond donors (Lipinski definition) is 0. The van der Waals surface area contributed by atoms with E-state index >= 15 is 0 Å². The van der Waals surface area contributed by atoms with Crippen LogP contribution < -0.4 is 4.90 Å². The van der Waals surface area contributed by atoms with E-state index in [0.29, 0.717) is 31.3 Å². The van der Waals surface area contributed by atoms with Crippen LogP contribution in [0.2, 0.25) is 0 Å². The lowest BCUT2D eigenvalue weighted by molar-refractivity contribution is -0.138. The summed E-state index contributed by atoms with van der Waals surface area (Å²) >= 11 is 0. The first-order chi connectivity index (χ1) is 16.9. The molecule has 3 heterocycles. The summed E-state index contributed by atoms with van der Waals surface area (Å²) in [5.41, 5.74) is -0.432. The Morgan fingerprint density at radius 2 is 1.69 bits per heavy atom. The van der Waals surface area contributed by atoms with Gasteiger partial charge in [-0.1, -0.05) is 18.2 Å². The summed E-state index contributed by atoms with van der Waals surface area (Å²) in [6.07, 6.45) is -6.14. The highest BCUT2D eigenvalue weighted by molar-refractivity contribution is 5.95. The fraction of sp³-hybridized carbons (Fsp3) is 0.375. The van der Waals surface area contributed by atoms with Gasteiger partial charge in [0.05, 0.1) is 24.2 Å². The van der Waals surface area contributed by atoms with E-state index in [2.05, 4.69) is 4.98 Å². The minimum atomic E-state index is -4.52. The lowest BCUT2D eigenvalue weighted by atomic mass is 9.97. The predicted octanol–water partition coefficient (Wildman–Crippen LogP) is 4.08. The van der Waals surface area contributed by atoms with E-state index in [1.165, 1.54) is 11.0 Å². The van der Waals surface area contributed by atoms with Crippen LogP contribution in [0.25, 0.3) is 5.57 Å². The highest BCUT2D eigenvalue weighted by Crippen LogP contribution is 2.32. The van der Waals surface area contributed by atoms with Gasteiger partial charge >= 0.3 is 12.4 Å². The molecule has 0 atom stereocenters. The molecule has 1 aromatic heterocycles. The minimum Gasteiger partial charge on any atom is -0.338 e. The molecule has 2 aromatic rings. The molecule has 0 radical (unpaired) electrons.